The summed E-state index contributed by atoms with van der Waals surface area (Å²) in [6.07, 6.45) is 4.00. The summed E-state index contributed by atoms with van der Waals surface area (Å²) in [6, 6.07) is 7.74. The zero-order chi connectivity index (χ0) is 14.6. The average molecular weight is 276 g/mol. The van der Waals surface area contributed by atoms with Gasteiger partial charge in [0.1, 0.15) is 5.75 Å². The van der Waals surface area contributed by atoms with Crippen LogP contribution in [0.1, 0.15) is 44.2 Å². The van der Waals surface area contributed by atoms with Gasteiger partial charge in [-0.15, -0.1) is 0 Å². The van der Waals surface area contributed by atoms with Gasteiger partial charge in [-0.05, 0) is 37.5 Å². The molecule has 0 aromatic heterocycles. The first-order chi connectivity index (χ1) is 9.61. The zero-order valence-electron chi connectivity index (χ0n) is 12.3. The molecule has 1 saturated carbocycles. The molecular formula is C16H24N2O2. The Kier molecular flexibility index (Phi) is 4.65. The van der Waals surface area contributed by atoms with Crippen molar-refractivity contribution in [2.24, 2.45) is 11.1 Å². The average Bonchev–Trinajstić information content (AvgIpc) is 2.97. The van der Waals surface area contributed by atoms with Crippen LogP contribution in [0, 0.1) is 5.41 Å². The van der Waals surface area contributed by atoms with E-state index in [2.05, 4.69) is 5.32 Å². The molecule has 4 nitrogen and oxygen atoms in total. The lowest BCUT2D eigenvalue weighted by Gasteiger charge is -2.28. The summed E-state index contributed by atoms with van der Waals surface area (Å²) >= 11 is 0. The van der Waals surface area contributed by atoms with Crippen LogP contribution in [0.2, 0.25) is 0 Å². The van der Waals surface area contributed by atoms with E-state index in [0.29, 0.717) is 6.54 Å². The van der Waals surface area contributed by atoms with Crippen LogP contribution in [-0.2, 0) is 4.79 Å². The van der Waals surface area contributed by atoms with Crippen LogP contribution in [0.4, 0.5) is 0 Å². The summed E-state index contributed by atoms with van der Waals surface area (Å²) in [5.41, 5.74) is 6.54. The van der Waals surface area contributed by atoms with E-state index < -0.39 is 0 Å². The van der Waals surface area contributed by atoms with Crippen LogP contribution < -0.4 is 15.8 Å². The number of ether oxygens (including phenoxy) is 1. The second-order valence-corrected chi connectivity index (χ2v) is 5.66. The number of amides is 1. The molecule has 0 radical (unpaired) electrons. The highest BCUT2D eigenvalue weighted by molar-refractivity contribution is 5.83. The van der Waals surface area contributed by atoms with Crippen LogP contribution in [0.3, 0.4) is 0 Å². The molecule has 1 aliphatic rings. The van der Waals surface area contributed by atoms with Crippen molar-refractivity contribution in [2.75, 3.05) is 13.7 Å². The van der Waals surface area contributed by atoms with E-state index in [1.807, 2.05) is 31.2 Å². The van der Waals surface area contributed by atoms with Crippen molar-refractivity contribution in [3.63, 3.8) is 0 Å². The minimum absolute atomic E-state index is 0.0402. The maximum atomic E-state index is 12.5. The van der Waals surface area contributed by atoms with Crippen LogP contribution >= 0.6 is 0 Å². The molecule has 0 heterocycles. The van der Waals surface area contributed by atoms with Crippen molar-refractivity contribution in [2.45, 2.75) is 38.6 Å². The SMILES string of the molecule is COc1cccc([C@H](C)NC(=O)C2(CN)CCCC2)c1. The molecule has 1 fully saturated rings. The van der Waals surface area contributed by atoms with Gasteiger partial charge in [0.2, 0.25) is 5.91 Å². The summed E-state index contributed by atoms with van der Waals surface area (Å²) in [5.74, 6) is 0.894. The van der Waals surface area contributed by atoms with Crippen LogP contribution in [0.15, 0.2) is 24.3 Å². The fourth-order valence-electron chi connectivity index (χ4n) is 2.92. The quantitative estimate of drug-likeness (QED) is 0.868. The van der Waals surface area contributed by atoms with Crippen molar-refractivity contribution in [3.05, 3.63) is 29.8 Å². The number of nitrogens with two attached hydrogens (primary N) is 1. The molecule has 1 aliphatic carbocycles. The smallest absolute Gasteiger partial charge is 0.227 e. The molecule has 0 unspecified atom stereocenters. The van der Waals surface area contributed by atoms with Crippen molar-refractivity contribution >= 4 is 5.91 Å². The van der Waals surface area contributed by atoms with Crippen molar-refractivity contribution in [1.29, 1.82) is 0 Å². The Morgan fingerprint density at radius 1 is 1.45 bits per heavy atom. The van der Waals surface area contributed by atoms with E-state index in [0.717, 1.165) is 37.0 Å². The monoisotopic (exact) mass is 276 g/mol. The number of methoxy groups -OCH3 is 1. The summed E-state index contributed by atoms with van der Waals surface area (Å²) in [6.45, 7) is 2.43. The molecule has 1 aromatic rings. The fraction of sp³-hybridized carbons (Fsp3) is 0.562. The van der Waals surface area contributed by atoms with E-state index >= 15 is 0 Å². The molecule has 110 valence electrons. The van der Waals surface area contributed by atoms with Crippen LogP contribution in [0.25, 0.3) is 0 Å². The van der Waals surface area contributed by atoms with E-state index in [-0.39, 0.29) is 17.4 Å². The van der Waals surface area contributed by atoms with Gasteiger partial charge in [-0.2, -0.15) is 0 Å². The largest absolute Gasteiger partial charge is 0.497 e. The lowest BCUT2D eigenvalue weighted by atomic mass is 9.85. The van der Waals surface area contributed by atoms with Crippen molar-refractivity contribution in [3.8, 4) is 5.75 Å². The number of rotatable bonds is 5. The number of hydrogen-bond acceptors (Lipinski definition) is 3. The molecule has 0 saturated heterocycles. The fourth-order valence-corrected chi connectivity index (χ4v) is 2.92. The number of hydrogen-bond donors (Lipinski definition) is 2. The van der Waals surface area contributed by atoms with Gasteiger partial charge in [-0.3, -0.25) is 4.79 Å². The highest BCUT2D eigenvalue weighted by atomic mass is 16.5. The van der Waals surface area contributed by atoms with Gasteiger partial charge < -0.3 is 15.8 Å². The molecule has 2 rings (SSSR count). The van der Waals surface area contributed by atoms with E-state index in [4.69, 9.17) is 10.5 Å². The molecule has 1 amide bonds. The second kappa shape index (κ2) is 6.27. The van der Waals surface area contributed by atoms with E-state index in [1.165, 1.54) is 0 Å². The second-order valence-electron chi connectivity index (χ2n) is 5.66. The van der Waals surface area contributed by atoms with E-state index in [9.17, 15) is 4.79 Å². The van der Waals surface area contributed by atoms with Gasteiger partial charge in [-0.1, -0.05) is 25.0 Å². The normalized spacial score (nSPS) is 18.6. The van der Waals surface area contributed by atoms with Crippen molar-refractivity contribution < 1.29 is 9.53 Å². The Labute approximate surface area is 120 Å². The minimum Gasteiger partial charge on any atom is -0.497 e. The van der Waals surface area contributed by atoms with Gasteiger partial charge in [0.25, 0.3) is 0 Å². The van der Waals surface area contributed by atoms with Gasteiger partial charge >= 0.3 is 0 Å². The molecule has 1 atom stereocenters. The maximum Gasteiger partial charge on any atom is 0.227 e. The zero-order valence-corrected chi connectivity index (χ0v) is 12.3. The van der Waals surface area contributed by atoms with Crippen LogP contribution in [0.5, 0.6) is 5.75 Å². The van der Waals surface area contributed by atoms with Gasteiger partial charge in [0.15, 0.2) is 0 Å². The number of carbonyl (C=O) groups is 1. The Morgan fingerprint density at radius 2 is 2.15 bits per heavy atom. The molecule has 0 aliphatic heterocycles. The summed E-state index contributed by atoms with van der Waals surface area (Å²) in [4.78, 5) is 12.5. The van der Waals surface area contributed by atoms with Gasteiger partial charge in [0, 0.05) is 6.54 Å². The standard InChI is InChI=1S/C16H24N2O2/c1-12(13-6-5-7-14(10-13)20-2)18-15(19)16(11-17)8-3-4-9-16/h5-7,10,12H,3-4,8-9,11,17H2,1-2H3,(H,18,19)/t12-/m0/s1. The Balaban J connectivity index is 2.06. The van der Waals surface area contributed by atoms with Crippen molar-refractivity contribution in [1.82, 2.24) is 5.32 Å². The molecule has 20 heavy (non-hydrogen) atoms. The van der Waals surface area contributed by atoms with Crippen LogP contribution in [-0.4, -0.2) is 19.6 Å². The molecule has 1 aromatic carbocycles. The molecule has 4 heteroatoms. The third-order valence-electron chi connectivity index (χ3n) is 4.37. The Hall–Kier alpha value is -1.55. The lowest BCUT2D eigenvalue weighted by Crippen LogP contribution is -2.44. The first-order valence-corrected chi connectivity index (χ1v) is 7.26. The van der Waals surface area contributed by atoms with Gasteiger partial charge in [-0.25, -0.2) is 0 Å². The van der Waals surface area contributed by atoms with Gasteiger partial charge in [0.05, 0.1) is 18.6 Å². The molecular weight excluding hydrogens is 252 g/mol. The number of carbonyl (C=O) groups excluding carboxylic acids is 1. The Morgan fingerprint density at radius 3 is 2.75 bits per heavy atom. The molecule has 0 spiro atoms. The topological polar surface area (TPSA) is 64.3 Å². The first kappa shape index (κ1) is 14.9. The molecule has 0 bridgehead atoms. The highest BCUT2D eigenvalue weighted by Crippen LogP contribution is 2.37. The summed E-state index contributed by atoms with van der Waals surface area (Å²) < 4.78 is 5.22. The summed E-state index contributed by atoms with van der Waals surface area (Å²) in [7, 11) is 1.64. The third kappa shape index (κ3) is 2.96. The third-order valence-corrected chi connectivity index (χ3v) is 4.37. The minimum atomic E-state index is -0.354. The lowest BCUT2D eigenvalue weighted by molar-refractivity contribution is -0.131. The summed E-state index contributed by atoms with van der Waals surface area (Å²) in [5, 5.41) is 3.11. The predicted octanol–water partition coefficient (Wildman–Crippen LogP) is 2.39. The predicted molar refractivity (Wildman–Crippen MR) is 79.5 cm³/mol. The number of nitrogens with one attached hydrogen (secondary N) is 1. The number of benzene rings is 1. The highest BCUT2D eigenvalue weighted by Gasteiger charge is 2.40. The van der Waals surface area contributed by atoms with E-state index in [1.54, 1.807) is 7.11 Å². The maximum absolute atomic E-state index is 12.5. The first-order valence-electron chi connectivity index (χ1n) is 7.26. The molecule has 3 N–H and O–H groups in total. The Bertz CT molecular complexity index is 467.